The predicted octanol–water partition coefficient (Wildman–Crippen LogP) is 3.10. The van der Waals surface area contributed by atoms with E-state index in [-0.39, 0.29) is 0 Å². The highest BCUT2D eigenvalue weighted by molar-refractivity contribution is 5.54. The molecule has 1 aromatic carbocycles. The van der Waals surface area contributed by atoms with Gasteiger partial charge >= 0.3 is 0 Å². The summed E-state index contributed by atoms with van der Waals surface area (Å²) in [4.78, 5) is 0. The summed E-state index contributed by atoms with van der Waals surface area (Å²) >= 11 is 0. The molecule has 1 nitrogen and oxygen atoms in total. The Hall–Kier alpha value is -1.29. The van der Waals surface area contributed by atoms with Crippen molar-refractivity contribution in [1.29, 1.82) is 5.26 Å². The zero-order valence-electron chi connectivity index (χ0n) is 8.95. The van der Waals surface area contributed by atoms with Crippen LogP contribution in [0.4, 0.5) is 0 Å². The first-order valence-electron chi connectivity index (χ1n) is 4.47. The quantitative estimate of drug-likeness (QED) is 0.591. The fourth-order valence-electron chi connectivity index (χ4n) is 1.67. The van der Waals surface area contributed by atoms with Crippen molar-refractivity contribution in [3.05, 3.63) is 33.4 Å². The summed E-state index contributed by atoms with van der Waals surface area (Å²) in [5.74, 6) is 0. The van der Waals surface area contributed by atoms with Gasteiger partial charge in [0.2, 0.25) is 0 Å². The smallest absolute Gasteiger partial charge is 0.0997 e. The molecule has 0 spiro atoms. The van der Waals surface area contributed by atoms with Crippen LogP contribution in [-0.2, 0) is 0 Å². The lowest BCUT2D eigenvalue weighted by Crippen LogP contribution is -1.99. The highest BCUT2D eigenvalue weighted by Gasteiger charge is 2.10. The first-order valence-corrected chi connectivity index (χ1v) is 4.47. The minimum absolute atomic E-state index is 0.848. The van der Waals surface area contributed by atoms with Crippen LogP contribution in [0.15, 0.2) is 0 Å². The van der Waals surface area contributed by atoms with Crippen LogP contribution in [0.2, 0.25) is 0 Å². The molecule has 0 aliphatic carbocycles. The van der Waals surface area contributed by atoms with Gasteiger partial charge in [0.05, 0.1) is 11.6 Å². The third-order valence-electron chi connectivity index (χ3n) is 3.11. The molecule has 0 heterocycles. The van der Waals surface area contributed by atoms with Gasteiger partial charge in [-0.1, -0.05) is 0 Å². The van der Waals surface area contributed by atoms with Gasteiger partial charge in [-0.25, -0.2) is 0 Å². The molecular formula is C12H15N. The highest BCUT2D eigenvalue weighted by Crippen LogP contribution is 2.24. The van der Waals surface area contributed by atoms with E-state index >= 15 is 0 Å². The maximum Gasteiger partial charge on any atom is 0.0997 e. The van der Waals surface area contributed by atoms with Gasteiger partial charge in [0, 0.05) is 0 Å². The van der Waals surface area contributed by atoms with E-state index in [9.17, 15) is 0 Å². The van der Waals surface area contributed by atoms with Crippen LogP contribution < -0.4 is 0 Å². The number of rotatable bonds is 0. The predicted molar refractivity (Wildman–Crippen MR) is 54.8 cm³/mol. The van der Waals surface area contributed by atoms with Gasteiger partial charge in [0.25, 0.3) is 0 Å². The summed E-state index contributed by atoms with van der Waals surface area (Å²) in [7, 11) is 0. The van der Waals surface area contributed by atoms with Gasteiger partial charge in [0.1, 0.15) is 0 Å². The van der Waals surface area contributed by atoms with Crippen molar-refractivity contribution in [1.82, 2.24) is 0 Å². The number of benzene rings is 1. The van der Waals surface area contributed by atoms with Crippen molar-refractivity contribution in [2.24, 2.45) is 0 Å². The van der Waals surface area contributed by atoms with Gasteiger partial charge in [-0.3, -0.25) is 0 Å². The Morgan fingerprint density at radius 2 is 1.00 bits per heavy atom. The number of nitriles is 1. The molecule has 0 N–H and O–H groups in total. The minimum Gasteiger partial charge on any atom is -0.192 e. The van der Waals surface area contributed by atoms with Crippen LogP contribution in [0.25, 0.3) is 0 Å². The molecule has 0 saturated carbocycles. The summed E-state index contributed by atoms with van der Waals surface area (Å²) in [6.07, 6.45) is 0. The molecule has 13 heavy (non-hydrogen) atoms. The normalized spacial score (nSPS) is 9.85. The molecule has 1 rings (SSSR count). The number of hydrogen-bond acceptors (Lipinski definition) is 1. The van der Waals surface area contributed by atoms with Crippen LogP contribution in [0.3, 0.4) is 0 Å². The van der Waals surface area contributed by atoms with Gasteiger partial charge in [-0.05, 0) is 62.4 Å². The Kier molecular flexibility index (Phi) is 2.43. The third-order valence-corrected chi connectivity index (χ3v) is 3.11. The summed E-state index contributed by atoms with van der Waals surface area (Å²) in [6, 6.07) is 2.27. The number of nitrogens with zero attached hydrogens (tertiary/aromatic N) is 1. The van der Waals surface area contributed by atoms with Crippen molar-refractivity contribution < 1.29 is 0 Å². The number of hydrogen-bond donors (Lipinski definition) is 0. The zero-order valence-corrected chi connectivity index (χ0v) is 8.95. The standard InChI is InChI=1S/C12H15N/c1-7-8(2)10(4)12(6-13)11(5)9(7)3/h1-5H3. The average Bonchev–Trinajstić information content (AvgIpc) is 2.13. The van der Waals surface area contributed by atoms with E-state index in [1.165, 1.54) is 16.7 Å². The SMILES string of the molecule is Cc1c(C)c(C)c(C#N)c(C)c1C. The molecule has 0 aliphatic rings. The first kappa shape index (κ1) is 9.80. The lowest BCUT2D eigenvalue weighted by Gasteiger charge is -2.13. The molecule has 0 amide bonds. The van der Waals surface area contributed by atoms with E-state index in [2.05, 4.69) is 26.8 Å². The Bertz CT molecular complexity index is 366. The van der Waals surface area contributed by atoms with Crippen molar-refractivity contribution in [2.75, 3.05) is 0 Å². The van der Waals surface area contributed by atoms with Crippen LogP contribution in [0.1, 0.15) is 33.4 Å². The van der Waals surface area contributed by atoms with E-state index in [1.807, 2.05) is 13.8 Å². The molecule has 0 radical (unpaired) electrons. The molecule has 0 fully saturated rings. The molecule has 1 heteroatoms. The highest BCUT2D eigenvalue weighted by atomic mass is 14.3. The van der Waals surface area contributed by atoms with Crippen LogP contribution in [0.5, 0.6) is 0 Å². The summed E-state index contributed by atoms with van der Waals surface area (Å²) in [5, 5.41) is 8.99. The second-order valence-corrected chi connectivity index (χ2v) is 3.61. The monoisotopic (exact) mass is 173 g/mol. The van der Waals surface area contributed by atoms with Crippen LogP contribution >= 0.6 is 0 Å². The Labute approximate surface area is 80.0 Å². The lowest BCUT2D eigenvalue weighted by molar-refractivity contribution is 1.16. The fourth-order valence-corrected chi connectivity index (χ4v) is 1.67. The van der Waals surface area contributed by atoms with E-state index in [0.717, 1.165) is 16.7 Å². The molecule has 68 valence electrons. The fraction of sp³-hybridized carbons (Fsp3) is 0.417. The second kappa shape index (κ2) is 3.22. The van der Waals surface area contributed by atoms with E-state index in [1.54, 1.807) is 0 Å². The van der Waals surface area contributed by atoms with E-state index in [0.29, 0.717) is 0 Å². The Balaban J connectivity index is 3.69. The summed E-state index contributed by atoms with van der Waals surface area (Å²) in [5.41, 5.74) is 6.92. The molecule has 0 bridgehead atoms. The van der Waals surface area contributed by atoms with Crippen molar-refractivity contribution in [3.8, 4) is 6.07 Å². The lowest BCUT2D eigenvalue weighted by atomic mass is 9.90. The molecule has 0 aliphatic heterocycles. The molecule has 0 saturated heterocycles. The van der Waals surface area contributed by atoms with Gasteiger partial charge in [-0.15, -0.1) is 0 Å². The molecule has 0 atom stereocenters. The van der Waals surface area contributed by atoms with E-state index in [4.69, 9.17) is 5.26 Å². The maximum atomic E-state index is 8.99. The first-order chi connectivity index (χ1) is 6.00. The zero-order chi connectivity index (χ0) is 10.2. The molecule has 0 unspecified atom stereocenters. The van der Waals surface area contributed by atoms with Crippen molar-refractivity contribution in [3.63, 3.8) is 0 Å². The minimum atomic E-state index is 0.848. The topological polar surface area (TPSA) is 23.8 Å². The largest absolute Gasteiger partial charge is 0.192 e. The Morgan fingerprint density at radius 1 is 0.692 bits per heavy atom. The molecular weight excluding hydrogens is 158 g/mol. The van der Waals surface area contributed by atoms with Crippen molar-refractivity contribution in [2.45, 2.75) is 34.6 Å². The summed E-state index contributed by atoms with van der Waals surface area (Å²) < 4.78 is 0. The van der Waals surface area contributed by atoms with Gasteiger partial charge < -0.3 is 0 Å². The summed E-state index contributed by atoms with van der Waals surface area (Å²) in [6.45, 7) is 10.3. The molecule has 0 aromatic heterocycles. The molecule has 1 aromatic rings. The van der Waals surface area contributed by atoms with Gasteiger partial charge in [0.15, 0.2) is 0 Å². The second-order valence-electron chi connectivity index (χ2n) is 3.61. The maximum absolute atomic E-state index is 8.99. The van der Waals surface area contributed by atoms with Gasteiger partial charge in [-0.2, -0.15) is 5.26 Å². The van der Waals surface area contributed by atoms with Crippen molar-refractivity contribution >= 4 is 0 Å². The van der Waals surface area contributed by atoms with E-state index < -0.39 is 0 Å². The Morgan fingerprint density at radius 3 is 1.31 bits per heavy atom. The average molecular weight is 173 g/mol. The van der Waals surface area contributed by atoms with Crippen LogP contribution in [-0.4, -0.2) is 0 Å². The third kappa shape index (κ3) is 1.33. The van der Waals surface area contributed by atoms with Crippen LogP contribution in [0, 0.1) is 45.9 Å².